The highest BCUT2D eigenvalue weighted by Gasteiger charge is 2.27. The topological polar surface area (TPSA) is 98.2 Å². The summed E-state index contributed by atoms with van der Waals surface area (Å²) in [7, 11) is 0. The second kappa shape index (κ2) is 7.27. The molecule has 142 valence electrons. The van der Waals surface area contributed by atoms with Gasteiger partial charge in [0.15, 0.2) is 11.5 Å². The van der Waals surface area contributed by atoms with Crippen molar-refractivity contribution in [2.75, 3.05) is 17.2 Å². The van der Waals surface area contributed by atoms with Crippen LogP contribution in [0.4, 0.5) is 29.2 Å². The van der Waals surface area contributed by atoms with E-state index in [-0.39, 0.29) is 33.5 Å². The summed E-state index contributed by atoms with van der Waals surface area (Å²) in [5.41, 5.74) is 0.942. The van der Waals surface area contributed by atoms with Gasteiger partial charge in [0.1, 0.15) is 12.4 Å². The molecule has 0 aliphatic carbocycles. The second-order valence-corrected chi connectivity index (χ2v) is 5.72. The van der Waals surface area contributed by atoms with E-state index in [1.807, 2.05) is 0 Å². The molecule has 0 bridgehead atoms. The van der Waals surface area contributed by atoms with Crippen LogP contribution in [0.3, 0.4) is 0 Å². The number of anilines is 2. The molecule has 0 saturated carbocycles. The fourth-order valence-corrected chi connectivity index (χ4v) is 2.41. The quantitative estimate of drug-likeness (QED) is 0.174. The van der Waals surface area contributed by atoms with E-state index in [0.717, 1.165) is 6.07 Å². The van der Waals surface area contributed by atoms with E-state index < -0.39 is 18.5 Å². The maximum Gasteiger partial charge on any atom is 0.405 e. The van der Waals surface area contributed by atoms with Crippen LogP contribution >= 0.6 is 11.6 Å². The maximum absolute atomic E-state index is 13.3. The molecule has 0 saturated heterocycles. The zero-order valence-corrected chi connectivity index (χ0v) is 14.0. The molecule has 0 aliphatic rings. The van der Waals surface area contributed by atoms with Crippen LogP contribution < -0.4 is 10.6 Å². The number of aromatic nitrogens is 3. The Morgan fingerprint density at radius 2 is 2.07 bits per heavy atom. The smallest absolute Gasteiger partial charge is 0.405 e. The lowest BCUT2D eigenvalue weighted by atomic mass is 10.2. The molecule has 0 fully saturated rings. The Morgan fingerprint density at radius 3 is 2.74 bits per heavy atom. The number of nitrogens with zero attached hydrogens (tertiary/aromatic N) is 3. The summed E-state index contributed by atoms with van der Waals surface area (Å²) >= 11 is 5.71. The molecule has 27 heavy (non-hydrogen) atoms. The van der Waals surface area contributed by atoms with Gasteiger partial charge in [-0.2, -0.15) is 18.2 Å². The van der Waals surface area contributed by atoms with E-state index in [0.29, 0.717) is 5.69 Å². The molecule has 3 rings (SSSR count). The predicted octanol–water partition coefficient (Wildman–Crippen LogP) is 3.97. The van der Waals surface area contributed by atoms with Gasteiger partial charge in [-0.15, -0.1) is 0 Å². The fourth-order valence-electron chi connectivity index (χ4n) is 2.23. The van der Waals surface area contributed by atoms with Crippen molar-refractivity contribution in [1.82, 2.24) is 15.0 Å². The SMILES string of the molecule is O/N=C(\Nc1ccc(F)c(Cl)c1)c1ccnc2nc(NCC(F)(F)F)[nH]c12. The molecule has 0 aliphatic heterocycles. The number of fused-ring (bicyclic) bond motifs is 1. The molecule has 4 N–H and O–H groups in total. The van der Waals surface area contributed by atoms with Crippen molar-refractivity contribution in [3.63, 3.8) is 0 Å². The number of amidine groups is 1. The standard InChI is InChI=1S/C15H11ClF4N6O/c16-9-5-7(1-2-10(9)17)23-12(26-27)8-3-4-21-13-11(8)24-14(25-13)22-6-15(18,19)20/h1-5,27H,6H2,(H,23,26)(H2,21,22,24,25). The maximum atomic E-state index is 13.3. The molecule has 0 atom stereocenters. The average Bonchev–Trinajstić information content (AvgIpc) is 3.03. The fraction of sp³-hybridized carbons (Fsp3) is 0.133. The lowest BCUT2D eigenvalue weighted by molar-refractivity contribution is -0.115. The lowest BCUT2D eigenvalue weighted by Gasteiger charge is -2.09. The van der Waals surface area contributed by atoms with Crippen LogP contribution in [0.1, 0.15) is 5.56 Å². The van der Waals surface area contributed by atoms with Gasteiger partial charge in [0.2, 0.25) is 5.95 Å². The van der Waals surface area contributed by atoms with Crippen molar-refractivity contribution < 1.29 is 22.8 Å². The zero-order valence-electron chi connectivity index (χ0n) is 13.3. The van der Waals surface area contributed by atoms with E-state index in [2.05, 4.69) is 30.7 Å². The Hall–Kier alpha value is -3.08. The van der Waals surface area contributed by atoms with Crippen molar-refractivity contribution in [2.45, 2.75) is 6.18 Å². The van der Waals surface area contributed by atoms with Crippen molar-refractivity contribution in [1.29, 1.82) is 0 Å². The number of pyridine rings is 1. The minimum Gasteiger partial charge on any atom is -0.409 e. The summed E-state index contributed by atoms with van der Waals surface area (Å²) in [6.45, 7) is -1.28. The Bertz CT molecular complexity index is 1000. The predicted molar refractivity (Wildman–Crippen MR) is 91.8 cm³/mol. The van der Waals surface area contributed by atoms with Gasteiger partial charge < -0.3 is 20.8 Å². The third-order valence-electron chi connectivity index (χ3n) is 3.39. The van der Waals surface area contributed by atoms with Gasteiger partial charge in [-0.3, -0.25) is 0 Å². The van der Waals surface area contributed by atoms with Gasteiger partial charge >= 0.3 is 6.18 Å². The molecule has 0 amide bonds. The van der Waals surface area contributed by atoms with Crippen LogP contribution in [0.5, 0.6) is 0 Å². The first-order valence-corrected chi connectivity index (χ1v) is 7.74. The molecular weight excluding hydrogens is 392 g/mol. The van der Waals surface area contributed by atoms with Crippen LogP contribution in [0.25, 0.3) is 11.2 Å². The van der Waals surface area contributed by atoms with E-state index in [4.69, 9.17) is 11.6 Å². The van der Waals surface area contributed by atoms with E-state index in [1.54, 1.807) is 0 Å². The number of oxime groups is 1. The van der Waals surface area contributed by atoms with Gasteiger partial charge in [-0.25, -0.2) is 9.37 Å². The van der Waals surface area contributed by atoms with Crippen LogP contribution in [0.15, 0.2) is 35.6 Å². The number of hydrogen-bond donors (Lipinski definition) is 4. The monoisotopic (exact) mass is 402 g/mol. The van der Waals surface area contributed by atoms with Crippen LogP contribution in [0, 0.1) is 5.82 Å². The van der Waals surface area contributed by atoms with Crippen molar-refractivity contribution in [3.8, 4) is 0 Å². The van der Waals surface area contributed by atoms with Crippen LogP contribution in [-0.4, -0.2) is 38.7 Å². The minimum absolute atomic E-state index is 0.0731. The molecule has 0 spiro atoms. The average molecular weight is 403 g/mol. The number of imidazole rings is 1. The highest BCUT2D eigenvalue weighted by molar-refractivity contribution is 6.31. The van der Waals surface area contributed by atoms with Crippen LogP contribution in [0.2, 0.25) is 5.02 Å². The molecular formula is C15H11ClF4N6O. The van der Waals surface area contributed by atoms with E-state index in [1.165, 1.54) is 24.4 Å². The summed E-state index contributed by atoms with van der Waals surface area (Å²) in [5.74, 6) is -0.842. The number of hydrogen-bond acceptors (Lipinski definition) is 5. The highest BCUT2D eigenvalue weighted by atomic mass is 35.5. The zero-order chi connectivity index (χ0) is 19.6. The molecule has 0 unspecified atom stereocenters. The second-order valence-electron chi connectivity index (χ2n) is 5.31. The number of H-pyrrole nitrogens is 1. The molecule has 0 radical (unpaired) electrons. The Morgan fingerprint density at radius 1 is 1.30 bits per heavy atom. The third kappa shape index (κ3) is 4.37. The normalized spacial score (nSPS) is 12.4. The number of alkyl halides is 3. The Labute approximate surface area is 154 Å². The number of halogens is 5. The summed E-state index contributed by atoms with van der Waals surface area (Å²) in [4.78, 5) is 10.5. The number of nitrogens with one attached hydrogen (secondary N) is 3. The van der Waals surface area contributed by atoms with Gasteiger partial charge in [-0.05, 0) is 24.3 Å². The number of benzene rings is 1. The van der Waals surface area contributed by atoms with Crippen LogP contribution in [-0.2, 0) is 0 Å². The van der Waals surface area contributed by atoms with Crippen molar-refractivity contribution in [2.24, 2.45) is 5.16 Å². The molecule has 12 heteroatoms. The first-order valence-electron chi connectivity index (χ1n) is 7.36. The summed E-state index contributed by atoms with van der Waals surface area (Å²) in [6, 6.07) is 5.23. The largest absolute Gasteiger partial charge is 0.409 e. The molecule has 7 nitrogen and oxygen atoms in total. The Balaban J connectivity index is 1.91. The summed E-state index contributed by atoms with van der Waals surface area (Å²) in [6.07, 6.45) is -3.08. The minimum atomic E-state index is -4.42. The number of rotatable bonds is 4. The molecule has 3 aromatic rings. The van der Waals surface area contributed by atoms with Gasteiger partial charge in [0.05, 0.1) is 10.5 Å². The van der Waals surface area contributed by atoms with Gasteiger partial charge in [0, 0.05) is 17.4 Å². The molecule has 2 aromatic heterocycles. The molecule has 1 aromatic carbocycles. The highest BCUT2D eigenvalue weighted by Crippen LogP contribution is 2.23. The van der Waals surface area contributed by atoms with Crippen molar-refractivity contribution >= 4 is 40.2 Å². The number of aromatic amines is 1. The first kappa shape index (κ1) is 18.7. The van der Waals surface area contributed by atoms with Gasteiger partial charge in [0.25, 0.3) is 0 Å². The molecule has 2 heterocycles. The lowest BCUT2D eigenvalue weighted by Crippen LogP contribution is -2.21. The van der Waals surface area contributed by atoms with E-state index >= 15 is 0 Å². The first-order chi connectivity index (χ1) is 12.8. The third-order valence-corrected chi connectivity index (χ3v) is 3.68. The van der Waals surface area contributed by atoms with Gasteiger partial charge in [-0.1, -0.05) is 16.8 Å². The Kier molecular flexibility index (Phi) is 5.04. The summed E-state index contributed by atoms with van der Waals surface area (Å²) < 4.78 is 50.3. The summed E-state index contributed by atoms with van der Waals surface area (Å²) in [5, 5.41) is 17.2. The van der Waals surface area contributed by atoms with E-state index in [9.17, 15) is 22.8 Å². The van der Waals surface area contributed by atoms with Crippen molar-refractivity contribution in [3.05, 3.63) is 46.9 Å².